The first-order valence-corrected chi connectivity index (χ1v) is 10.2. The van der Waals surface area contributed by atoms with Crippen molar-refractivity contribution in [2.24, 2.45) is 5.92 Å². The lowest BCUT2D eigenvalue weighted by atomic mass is 9.83. The van der Waals surface area contributed by atoms with Crippen LogP contribution in [-0.4, -0.2) is 33.4 Å². The van der Waals surface area contributed by atoms with Crippen LogP contribution in [0.25, 0.3) is 11.3 Å². The second-order valence-corrected chi connectivity index (χ2v) is 8.35. The zero-order chi connectivity index (χ0) is 20.0. The predicted octanol–water partition coefficient (Wildman–Crippen LogP) is 4.32. The average molecular weight is 391 g/mol. The van der Waals surface area contributed by atoms with Crippen molar-refractivity contribution >= 4 is 5.91 Å². The van der Waals surface area contributed by atoms with Gasteiger partial charge < -0.3 is 18.6 Å². The molecule has 1 amide bonds. The van der Waals surface area contributed by atoms with Crippen LogP contribution in [0.5, 0.6) is 5.75 Å². The standard InChI is InChI=1S/C23H25N3O3/c1-16(2)14-26-15-24-20-17-6-3-4-7-18(17)29-23(21(20)26)9-11-25(12-10-23)22(27)19-8-5-13-28-19/h3-8,13,15-16H,9-12,14H2,1-2H3. The highest BCUT2D eigenvalue weighted by atomic mass is 16.5. The maximum Gasteiger partial charge on any atom is 0.289 e. The van der Waals surface area contributed by atoms with Gasteiger partial charge in [-0.25, -0.2) is 4.98 Å². The minimum Gasteiger partial charge on any atom is -0.480 e. The highest BCUT2D eigenvalue weighted by Gasteiger charge is 2.47. The van der Waals surface area contributed by atoms with Crippen LogP contribution in [0.3, 0.4) is 0 Å². The number of carbonyl (C=O) groups is 1. The van der Waals surface area contributed by atoms with Crippen LogP contribution in [0, 0.1) is 5.92 Å². The molecular weight excluding hydrogens is 366 g/mol. The van der Waals surface area contributed by atoms with Gasteiger partial charge in [0.25, 0.3) is 5.91 Å². The summed E-state index contributed by atoms with van der Waals surface area (Å²) in [5.74, 6) is 1.71. The van der Waals surface area contributed by atoms with Crippen molar-refractivity contribution in [3.05, 3.63) is 60.4 Å². The summed E-state index contributed by atoms with van der Waals surface area (Å²) in [7, 11) is 0. The number of piperidine rings is 1. The molecule has 150 valence electrons. The lowest BCUT2D eigenvalue weighted by Crippen LogP contribution is -2.50. The van der Waals surface area contributed by atoms with E-state index in [1.165, 1.54) is 6.26 Å². The number of rotatable bonds is 3. The van der Waals surface area contributed by atoms with Gasteiger partial charge in [-0.15, -0.1) is 0 Å². The Kier molecular flexibility index (Phi) is 4.23. The number of amides is 1. The van der Waals surface area contributed by atoms with Crippen molar-refractivity contribution in [3.8, 4) is 17.0 Å². The number of carbonyl (C=O) groups excluding carboxylic acids is 1. The summed E-state index contributed by atoms with van der Waals surface area (Å²) in [6.07, 6.45) is 4.93. The summed E-state index contributed by atoms with van der Waals surface area (Å²) in [6, 6.07) is 11.6. The maximum absolute atomic E-state index is 12.7. The van der Waals surface area contributed by atoms with Crippen molar-refractivity contribution < 1.29 is 13.9 Å². The molecule has 2 aliphatic rings. The Morgan fingerprint density at radius 2 is 1.97 bits per heavy atom. The molecular formula is C23H25N3O3. The number of benzene rings is 1. The number of fused-ring (bicyclic) bond motifs is 4. The lowest BCUT2D eigenvalue weighted by molar-refractivity contribution is -0.00837. The van der Waals surface area contributed by atoms with E-state index in [0.29, 0.717) is 24.8 Å². The first kappa shape index (κ1) is 18.0. The van der Waals surface area contributed by atoms with Crippen molar-refractivity contribution in [1.82, 2.24) is 14.5 Å². The van der Waals surface area contributed by atoms with Gasteiger partial charge in [-0.05, 0) is 30.2 Å². The molecule has 6 nitrogen and oxygen atoms in total. The van der Waals surface area contributed by atoms with Crippen molar-refractivity contribution in [2.75, 3.05) is 13.1 Å². The Labute approximate surface area is 170 Å². The van der Waals surface area contributed by atoms with E-state index in [2.05, 4.69) is 24.5 Å². The van der Waals surface area contributed by atoms with Gasteiger partial charge in [0.1, 0.15) is 5.75 Å². The molecule has 0 unspecified atom stereocenters. The first-order valence-electron chi connectivity index (χ1n) is 10.2. The number of furan rings is 1. The molecule has 0 radical (unpaired) electrons. The molecule has 1 aromatic carbocycles. The number of para-hydroxylation sites is 1. The molecule has 0 aliphatic carbocycles. The number of imidazole rings is 1. The number of ether oxygens (including phenoxy) is 1. The summed E-state index contributed by atoms with van der Waals surface area (Å²) in [5.41, 5.74) is 2.74. The zero-order valence-corrected chi connectivity index (χ0v) is 16.8. The fraction of sp³-hybridized carbons (Fsp3) is 0.391. The molecule has 29 heavy (non-hydrogen) atoms. The monoisotopic (exact) mass is 391 g/mol. The third-order valence-electron chi connectivity index (χ3n) is 5.87. The van der Waals surface area contributed by atoms with Crippen LogP contribution in [0.15, 0.2) is 53.4 Å². The molecule has 1 spiro atoms. The second-order valence-electron chi connectivity index (χ2n) is 8.35. The van der Waals surface area contributed by atoms with Crippen molar-refractivity contribution in [3.63, 3.8) is 0 Å². The lowest BCUT2D eigenvalue weighted by Gasteiger charge is -2.44. The quantitative estimate of drug-likeness (QED) is 0.667. The number of hydrogen-bond donors (Lipinski definition) is 0. The van der Waals surface area contributed by atoms with Gasteiger partial charge in [-0.1, -0.05) is 26.0 Å². The summed E-state index contributed by atoms with van der Waals surface area (Å²) in [4.78, 5) is 19.4. The molecule has 5 rings (SSSR count). The molecule has 2 aliphatic heterocycles. The number of nitrogens with zero attached hydrogens (tertiary/aromatic N) is 3. The highest BCUT2D eigenvalue weighted by Crippen LogP contribution is 2.49. The van der Waals surface area contributed by atoms with Crippen LogP contribution in [0.1, 0.15) is 42.9 Å². The smallest absolute Gasteiger partial charge is 0.289 e. The van der Waals surface area contributed by atoms with E-state index in [1.54, 1.807) is 12.1 Å². The van der Waals surface area contributed by atoms with Gasteiger partial charge in [-0.2, -0.15) is 0 Å². The van der Waals surface area contributed by atoms with E-state index in [-0.39, 0.29) is 5.91 Å². The van der Waals surface area contributed by atoms with E-state index in [4.69, 9.17) is 14.1 Å². The zero-order valence-electron chi connectivity index (χ0n) is 16.8. The molecule has 4 heterocycles. The largest absolute Gasteiger partial charge is 0.480 e. The van der Waals surface area contributed by atoms with Gasteiger partial charge in [-0.3, -0.25) is 4.79 Å². The Morgan fingerprint density at radius 3 is 2.69 bits per heavy atom. The fourth-order valence-corrected chi connectivity index (χ4v) is 4.56. The van der Waals surface area contributed by atoms with Gasteiger partial charge in [0, 0.05) is 38.0 Å². The van der Waals surface area contributed by atoms with Crippen molar-refractivity contribution in [2.45, 2.75) is 38.8 Å². The minimum atomic E-state index is -0.463. The Morgan fingerprint density at radius 1 is 1.17 bits per heavy atom. The van der Waals surface area contributed by atoms with Gasteiger partial charge in [0.05, 0.1) is 24.0 Å². The van der Waals surface area contributed by atoms with E-state index in [9.17, 15) is 4.79 Å². The van der Waals surface area contributed by atoms with E-state index in [0.717, 1.165) is 42.1 Å². The molecule has 6 heteroatoms. The van der Waals surface area contributed by atoms with Crippen molar-refractivity contribution in [1.29, 1.82) is 0 Å². The number of likely N-dealkylation sites (tertiary alicyclic amines) is 1. The SMILES string of the molecule is CC(C)Cn1cnc2c1C1(CCN(C(=O)c3ccco3)CC1)Oc1ccccc1-2. The number of hydrogen-bond acceptors (Lipinski definition) is 4. The molecule has 0 N–H and O–H groups in total. The van der Waals surface area contributed by atoms with Crippen LogP contribution in [0.4, 0.5) is 0 Å². The average Bonchev–Trinajstić information content (AvgIpc) is 3.39. The fourth-order valence-electron chi connectivity index (χ4n) is 4.56. The molecule has 1 fully saturated rings. The topological polar surface area (TPSA) is 60.5 Å². The molecule has 0 atom stereocenters. The third-order valence-corrected chi connectivity index (χ3v) is 5.87. The highest BCUT2D eigenvalue weighted by molar-refractivity contribution is 5.91. The van der Waals surface area contributed by atoms with Crippen LogP contribution in [0.2, 0.25) is 0 Å². The summed E-state index contributed by atoms with van der Waals surface area (Å²) in [5, 5.41) is 0. The van der Waals surface area contributed by atoms with E-state index < -0.39 is 5.60 Å². The normalized spacial score (nSPS) is 17.1. The molecule has 3 aromatic rings. The van der Waals surface area contributed by atoms with E-state index in [1.807, 2.05) is 29.4 Å². The third kappa shape index (κ3) is 2.94. The molecule has 0 bridgehead atoms. The maximum atomic E-state index is 12.7. The summed E-state index contributed by atoms with van der Waals surface area (Å²) in [6.45, 7) is 6.55. The van der Waals surface area contributed by atoms with Crippen LogP contribution in [-0.2, 0) is 12.1 Å². The van der Waals surface area contributed by atoms with Gasteiger partial charge >= 0.3 is 0 Å². The number of aromatic nitrogens is 2. The molecule has 1 saturated heterocycles. The Hall–Kier alpha value is -3.02. The Bertz CT molecular complexity index is 1030. The molecule has 2 aromatic heterocycles. The first-order chi connectivity index (χ1) is 14.1. The van der Waals surface area contributed by atoms with Crippen LogP contribution < -0.4 is 4.74 Å². The minimum absolute atomic E-state index is 0.0584. The van der Waals surface area contributed by atoms with Gasteiger partial charge in [0.2, 0.25) is 0 Å². The molecule has 0 saturated carbocycles. The summed E-state index contributed by atoms with van der Waals surface area (Å²) >= 11 is 0. The van der Waals surface area contributed by atoms with Gasteiger partial charge in [0.15, 0.2) is 11.4 Å². The predicted molar refractivity (Wildman–Crippen MR) is 109 cm³/mol. The van der Waals surface area contributed by atoms with E-state index >= 15 is 0 Å². The van der Waals surface area contributed by atoms with Crippen LogP contribution >= 0.6 is 0 Å². The second kappa shape index (κ2) is 6.79. The Balaban J connectivity index is 1.50. The summed E-state index contributed by atoms with van der Waals surface area (Å²) < 4.78 is 14.2.